The van der Waals surface area contributed by atoms with Crippen molar-refractivity contribution in [3.8, 4) is 11.4 Å². The van der Waals surface area contributed by atoms with E-state index in [0.717, 1.165) is 33.8 Å². The van der Waals surface area contributed by atoms with Gasteiger partial charge in [-0.1, -0.05) is 70.0 Å². The van der Waals surface area contributed by atoms with Crippen LogP contribution < -0.4 is 0 Å². The third kappa shape index (κ3) is 2.99. The maximum Gasteiger partial charge on any atom is 0.149 e. The van der Waals surface area contributed by atoms with Crippen LogP contribution in [0.4, 0.5) is 0 Å². The summed E-state index contributed by atoms with van der Waals surface area (Å²) in [5.41, 5.74) is 3.82. The number of rotatable bonds is 3. The lowest BCUT2D eigenvalue weighted by molar-refractivity contribution is 0.339. The SMILES string of the molecule is ClC1c2nc(-c3ccccc3)[nH]c2C=CN1Cc1ccc(Br)cc1. The molecule has 3 aromatic rings. The first kappa shape index (κ1) is 15.5. The molecule has 1 aliphatic rings. The second-order valence-electron chi connectivity index (χ2n) is 5.70. The van der Waals surface area contributed by atoms with Gasteiger partial charge in [-0.15, -0.1) is 0 Å². The zero-order valence-electron chi connectivity index (χ0n) is 12.8. The highest BCUT2D eigenvalue weighted by Gasteiger charge is 2.25. The molecule has 0 amide bonds. The number of aromatic amines is 1. The number of alkyl halides is 1. The van der Waals surface area contributed by atoms with Gasteiger partial charge in [0, 0.05) is 22.8 Å². The van der Waals surface area contributed by atoms with Gasteiger partial charge >= 0.3 is 0 Å². The van der Waals surface area contributed by atoms with Gasteiger partial charge in [0.05, 0.1) is 5.69 Å². The van der Waals surface area contributed by atoms with Crippen LogP contribution >= 0.6 is 27.5 Å². The van der Waals surface area contributed by atoms with Gasteiger partial charge in [0.1, 0.15) is 17.0 Å². The van der Waals surface area contributed by atoms with Crippen LogP contribution in [0.5, 0.6) is 0 Å². The molecular weight excluding hydrogens is 386 g/mol. The summed E-state index contributed by atoms with van der Waals surface area (Å²) in [7, 11) is 0. The molecule has 1 atom stereocenters. The first-order valence-electron chi connectivity index (χ1n) is 7.68. The Hall–Kier alpha value is -2.04. The summed E-state index contributed by atoms with van der Waals surface area (Å²) in [6.45, 7) is 0.741. The fraction of sp³-hybridized carbons (Fsp3) is 0.105. The third-order valence-electron chi connectivity index (χ3n) is 4.04. The normalized spacial score (nSPS) is 16.2. The zero-order valence-corrected chi connectivity index (χ0v) is 15.1. The number of nitrogens with zero attached hydrogens (tertiary/aromatic N) is 2. The Balaban J connectivity index is 1.59. The molecule has 0 saturated carbocycles. The quantitative estimate of drug-likeness (QED) is 0.461. The number of hydrogen-bond donors (Lipinski definition) is 1. The Kier molecular flexibility index (Phi) is 4.17. The highest BCUT2D eigenvalue weighted by Crippen LogP contribution is 2.34. The Morgan fingerprint density at radius 2 is 1.83 bits per heavy atom. The molecule has 0 aliphatic carbocycles. The molecule has 4 rings (SSSR count). The molecule has 1 aliphatic heterocycles. The molecule has 5 heteroatoms. The second-order valence-corrected chi connectivity index (χ2v) is 7.03. The first-order valence-corrected chi connectivity index (χ1v) is 8.91. The summed E-state index contributed by atoms with van der Waals surface area (Å²) >= 11 is 10.1. The molecule has 120 valence electrons. The maximum absolute atomic E-state index is 6.68. The molecule has 24 heavy (non-hydrogen) atoms. The smallest absolute Gasteiger partial charge is 0.149 e. The third-order valence-corrected chi connectivity index (χ3v) is 5.02. The van der Waals surface area contributed by atoms with E-state index in [9.17, 15) is 0 Å². The maximum atomic E-state index is 6.68. The first-order chi connectivity index (χ1) is 11.7. The number of imidazole rings is 1. The standard InChI is InChI=1S/C19H15BrClN3/c20-15-8-6-13(7-9-15)12-24-11-10-16-17(18(24)21)23-19(22-16)14-4-2-1-3-5-14/h1-11,18H,12H2,(H,22,23). The number of hydrogen-bond acceptors (Lipinski definition) is 2. The molecule has 1 unspecified atom stereocenters. The van der Waals surface area contributed by atoms with E-state index in [-0.39, 0.29) is 5.50 Å². The van der Waals surface area contributed by atoms with E-state index < -0.39 is 0 Å². The molecule has 2 heterocycles. The number of halogens is 2. The molecule has 0 spiro atoms. The van der Waals surface area contributed by atoms with Crippen LogP contribution in [0, 0.1) is 0 Å². The van der Waals surface area contributed by atoms with Crippen molar-refractivity contribution in [1.82, 2.24) is 14.9 Å². The second kappa shape index (κ2) is 6.46. The number of fused-ring (bicyclic) bond motifs is 1. The topological polar surface area (TPSA) is 31.9 Å². The highest BCUT2D eigenvalue weighted by molar-refractivity contribution is 9.10. The Labute approximate surface area is 154 Å². The van der Waals surface area contributed by atoms with Crippen LogP contribution in [0.2, 0.25) is 0 Å². The summed E-state index contributed by atoms with van der Waals surface area (Å²) in [6, 6.07) is 18.4. The van der Waals surface area contributed by atoms with E-state index >= 15 is 0 Å². The number of nitrogens with one attached hydrogen (secondary N) is 1. The minimum Gasteiger partial charge on any atom is -0.352 e. The number of aromatic nitrogens is 2. The Bertz CT molecular complexity index is 871. The van der Waals surface area contributed by atoms with Gasteiger partial charge in [-0.2, -0.15) is 0 Å². The highest BCUT2D eigenvalue weighted by atomic mass is 79.9. The lowest BCUT2D eigenvalue weighted by Gasteiger charge is -2.28. The van der Waals surface area contributed by atoms with E-state index in [0.29, 0.717) is 0 Å². The molecule has 0 bridgehead atoms. The van der Waals surface area contributed by atoms with Crippen LogP contribution in [0.3, 0.4) is 0 Å². The number of H-pyrrole nitrogens is 1. The Morgan fingerprint density at radius 3 is 2.58 bits per heavy atom. The number of benzene rings is 2. The fourth-order valence-corrected chi connectivity index (χ4v) is 3.34. The molecule has 1 N–H and O–H groups in total. The lowest BCUT2D eigenvalue weighted by Crippen LogP contribution is -2.22. The van der Waals surface area contributed by atoms with Gasteiger partial charge in [0.15, 0.2) is 0 Å². The van der Waals surface area contributed by atoms with E-state index in [4.69, 9.17) is 16.6 Å². The van der Waals surface area contributed by atoms with Crippen molar-refractivity contribution in [2.24, 2.45) is 0 Å². The van der Waals surface area contributed by atoms with Crippen molar-refractivity contribution in [3.63, 3.8) is 0 Å². The monoisotopic (exact) mass is 399 g/mol. The molecule has 2 aromatic carbocycles. The molecule has 1 aromatic heterocycles. The van der Waals surface area contributed by atoms with Gasteiger partial charge in [0.2, 0.25) is 0 Å². The summed E-state index contributed by atoms with van der Waals surface area (Å²) in [6.07, 6.45) is 4.06. The lowest BCUT2D eigenvalue weighted by atomic mass is 10.2. The summed E-state index contributed by atoms with van der Waals surface area (Å²) in [5, 5.41) is 0. The van der Waals surface area contributed by atoms with E-state index in [1.807, 2.05) is 54.7 Å². The van der Waals surface area contributed by atoms with Gasteiger partial charge in [-0.25, -0.2) is 4.98 Å². The summed E-state index contributed by atoms with van der Waals surface area (Å²) < 4.78 is 1.07. The average Bonchev–Trinajstić information content (AvgIpc) is 3.05. The van der Waals surface area contributed by atoms with Gasteiger partial charge in [-0.05, 0) is 23.8 Å². The summed E-state index contributed by atoms with van der Waals surface area (Å²) in [5.74, 6) is 0.849. The largest absolute Gasteiger partial charge is 0.352 e. The van der Waals surface area contributed by atoms with Crippen molar-refractivity contribution in [2.45, 2.75) is 12.0 Å². The molecule has 0 radical (unpaired) electrons. The van der Waals surface area contributed by atoms with Gasteiger partial charge < -0.3 is 9.88 Å². The van der Waals surface area contributed by atoms with Gasteiger partial charge in [-0.3, -0.25) is 0 Å². The molecule has 3 nitrogen and oxygen atoms in total. The Morgan fingerprint density at radius 1 is 1.08 bits per heavy atom. The van der Waals surface area contributed by atoms with Crippen LogP contribution in [-0.2, 0) is 6.54 Å². The van der Waals surface area contributed by atoms with Crippen LogP contribution in [0.1, 0.15) is 22.5 Å². The van der Waals surface area contributed by atoms with Crippen molar-refractivity contribution < 1.29 is 0 Å². The van der Waals surface area contributed by atoms with E-state index in [1.54, 1.807) is 0 Å². The predicted molar refractivity (Wildman–Crippen MR) is 101 cm³/mol. The van der Waals surface area contributed by atoms with Crippen molar-refractivity contribution in [1.29, 1.82) is 0 Å². The minimum absolute atomic E-state index is 0.289. The zero-order chi connectivity index (χ0) is 16.5. The van der Waals surface area contributed by atoms with Crippen LogP contribution in [0.15, 0.2) is 65.3 Å². The predicted octanol–water partition coefficient (Wildman–Crippen LogP) is 5.56. The average molecular weight is 401 g/mol. The molecular formula is C19H15BrClN3. The van der Waals surface area contributed by atoms with Gasteiger partial charge in [0.25, 0.3) is 0 Å². The van der Waals surface area contributed by atoms with Crippen LogP contribution in [-0.4, -0.2) is 14.9 Å². The molecule has 0 saturated heterocycles. The fourth-order valence-electron chi connectivity index (χ4n) is 2.78. The van der Waals surface area contributed by atoms with Crippen molar-refractivity contribution in [3.05, 3.63) is 82.2 Å². The minimum atomic E-state index is -0.289. The van der Waals surface area contributed by atoms with Crippen LogP contribution in [0.25, 0.3) is 17.5 Å². The van der Waals surface area contributed by atoms with Crippen molar-refractivity contribution >= 4 is 33.6 Å². The summed E-state index contributed by atoms with van der Waals surface area (Å²) in [4.78, 5) is 10.2. The van der Waals surface area contributed by atoms with E-state index in [2.05, 4.69) is 37.9 Å². The van der Waals surface area contributed by atoms with E-state index in [1.165, 1.54) is 5.56 Å². The molecule has 0 fully saturated rings. The van der Waals surface area contributed by atoms with Crippen molar-refractivity contribution in [2.75, 3.05) is 0 Å².